The summed E-state index contributed by atoms with van der Waals surface area (Å²) in [6.45, 7) is 6.46. The first-order valence-corrected chi connectivity index (χ1v) is 25.3. The number of hydrogen-bond donors (Lipinski definition) is 0. The van der Waals surface area contributed by atoms with Crippen molar-refractivity contribution in [3.63, 3.8) is 0 Å². The minimum Gasteiger partial charge on any atom is -0.462 e. The molecule has 0 fully saturated rings. The standard InChI is InChI=1S/C54H94O6/c1-4-7-10-13-16-19-21-23-25-26-27-28-30-31-33-35-38-41-44-47-53(56)59-50-51(49-58-52(55)46-43-40-37-18-15-12-9-6-3)60-54(57)48-45-42-39-36-34-32-29-24-22-20-17-14-11-8-5-2/h8,11,17,20,23-25,29,34,36,51H,4-7,9-10,12-16,18-19,21-22,26-28,30-33,35,37-50H2,1-3H3/b11-8-,20-17-,25-23-,29-24-,36-34-. The zero-order chi connectivity index (χ0) is 43.7. The summed E-state index contributed by atoms with van der Waals surface area (Å²) in [6, 6.07) is 0. The Bertz CT molecular complexity index is 1100. The van der Waals surface area contributed by atoms with Crippen LogP contribution in [-0.2, 0) is 28.6 Å². The van der Waals surface area contributed by atoms with E-state index < -0.39 is 6.10 Å². The first kappa shape index (κ1) is 57.1. The minimum atomic E-state index is -0.792. The van der Waals surface area contributed by atoms with Crippen LogP contribution in [0.25, 0.3) is 0 Å². The van der Waals surface area contributed by atoms with Crippen LogP contribution in [-0.4, -0.2) is 37.2 Å². The van der Waals surface area contributed by atoms with E-state index in [0.717, 1.165) is 77.0 Å². The van der Waals surface area contributed by atoms with Crippen molar-refractivity contribution >= 4 is 17.9 Å². The van der Waals surface area contributed by atoms with Gasteiger partial charge in [-0.3, -0.25) is 14.4 Å². The second-order valence-corrected chi connectivity index (χ2v) is 16.7. The Kier molecular flexibility index (Phi) is 46.4. The van der Waals surface area contributed by atoms with Crippen LogP contribution in [0.3, 0.4) is 0 Å². The smallest absolute Gasteiger partial charge is 0.306 e. The molecule has 60 heavy (non-hydrogen) atoms. The molecule has 0 aromatic rings. The Balaban J connectivity index is 4.33. The van der Waals surface area contributed by atoms with Gasteiger partial charge in [-0.25, -0.2) is 0 Å². The molecule has 1 unspecified atom stereocenters. The van der Waals surface area contributed by atoms with Crippen LogP contribution in [0.15, 0.2) is 60.8 Å². The molecule has 0 aliphatic rings. The maximum Gasteiger partial charge on any atom is 0.306 e. The molecule has 0 aliphatic carbocycles. The molecular formula is C54H94O6. The fourth-order valence-electron chi connectivity index (χ4n) is 6.96. The molecule has 0 rings (SSSR count). The van der Waals surface area contributed by atoms with Crippen molar-refractivity contribution < 1.29 is 28.6 Å². The topological polar surface area (TPSA) is 78.9 Å². The molecule has 0 amide bonds. The highest BCUT2D eigenvalue weighted by molar-refractivity contribution is 5.71. The first-order valence-electron chi connectivity index (χ1n) is 25.3. The first-order chi connectivity index (χ1) is 29.5. The van der Waals surface area contributed by atoms with E-state index in [2.05, 4.69) is 81.5 Å². The highest BCUT2D eigenvalue weighted by atomic mass is 16.6. The predicted molar refractivity (Wildman–Crippen MR) is 256 cm³/mol. The third kappa shape index (κ3) is 46.2. The van der Waals surface area contributed by atoms with Gasteiger partial charge in [0.25, 0.3) is 0 Å². The van der Waals surface area contributed by atoms with Crippen molar-refractivity contribution in [3.8, 4) is 0 Å². The van der Waals surface area contributed by atoms with Crippen molar-refractivity contribution in [1.82, 2.24) is 0 Å². The van der Waals surface area contributed by atoms with Crippen LogP contribution >= 0.6 is 0 Å². The van der Waals surface area contributed by atoms with Crippen LogP contribution in [0.2, 0.25) is 0 Å². The van der Waals surface area contributed by atoms with Gasteiger partial charge in [-0.2, -0.15) is 0 Å². The Labute approximate surface area is 370 Å². The molecule has 0 aromatic heterocycles. The quantitative estimate of drug-likeness (QED) is 0.0263. The highest BCUT2D eigenvalue weighted by Gasteiger charge is 2.19. The summed E-state index contributed by atoms with van der Waals surface area (Å²) < 4.78 is 16.7. The van der Waals surface area contributed by atoms with Crippen molar-refractivity contribution in [2.45, 2.75) is 252 Å². The number of unbranched alkanes of at least 4 members (excludes halogenated alkanes) is 24. The number of carbonyl (C=O) groups excluding carboxylic acids is 3. The highest BCUT2D eigenvalue weighted by Crippen LogP contribution is 2.14. The van der Waals surface area contributed by atoms with E-state index in [-0.39, 0.29) is 37.5 Å². The van der Waals surface area contributed by atoms with Gasteiger partial charge in [-0.05, 0) is 83.5 Å². The molecule has 0 aliphatic heterocycles. The number of ether oxygens (including phenoxy) is 3. The third-order valence-corrected chi connectivity index (χ3v) is 10.8. The van der Waals surface area contributed by atoms with Gasteiger partial charge in [-0.15, -0.1) is 0 Å². The molecule has 0 N–H and O–H groups in total. The molecule has 0 aromatic carbocycles. The van der Waals surface area contributed by atoms with Crippen molar-refractivity contribution in [1.29, 1.82) is 0 Å². The van der Waals surface area contributed by atoms with Gasteiger partial charge in [-0.1, -0.05) is 204 Å². The van der Waals surface area contributed by atoms with Gasteiger partial charge in [0.2, 0.25) is 0 Å². The lowest BCUT2D eigenvalue weighted by atomic mass is 10.1. The monoisotopic (exact) mass is 839 g/mol. The molecule has 0 saturated heterocycles. The number of allylic oxidation sites excluding steroid dienone is 10. The van der Waals surface area contributed by atoms with Crippen LogP contribution in [0.5, 0.6) is 0 Å². The lowest BCUT2D eigenvalue weighted by molar-refractivity contribution is -0.167. The summed E-state index contributed by atoms with van der Waals surface area (Å²) in [4.78, 5) is 37.8. The SMILES string of the molecule is CC/C=C\C/C=C\C/C=C\C/C=C\CCCCC(=O)OC(COC(=O)CCCCCCCCCC)COC(=O)CCCCCCCCCCC/C=C\CCCCCCCC. The second kappa shape index (κ2) is 48.8. The van der Waals surface area contributed by atoms with Crippen LogP contribution in [0, 0.1) is 0 Å². The largest absolute Gasteiger partial charge is 0.462 e. The Morgan fingerprint density at radius 3 is 1.07 bits per heavy atom. The molecule has 1 atom stereocenters. The summed E-state index contributed by atoms with van der Waals surface area (Å²) in [5.41, 5.74) is 0. The molecule has 0 bridgehead atoms. The number of hydrogen-bond acceptors (Lipinski definition) is 6. The van der Waals surface area contributed by atoms with E-state index in [9.17, 15) is 14.4 Å². The van der Waals surface area contributed by atoms with E-state index in [1.807, 2.05) is 0 Å². The predicted octanol–water partition coefficient (Wildman–Crippen LogP) is 16.5. The number of rotatable bonds is 45. The fourth-order valence-corrected chi connectivity index (χ4v) is 6.96. The summed E-state index contributed by atoms with van der Waals surface area (Å²) in [5.74, 6) is -0.936. The number of esters is 3. The minimum absolute atomic E-state index is 0.0905. The molecule has 0 heterocycles. The summed E-state index contributed by atoms with van der Waals surface area (Å²) in [5, 5.41) is 0. The van der Waals surface area contributed by atoms with E-state index in [1.54, 1.807) is 0 Å². The molecule has 6 nitrogen and oxygen atoms in total. The average molecular weight is 839 g/mol. The lowest BCUT2D eigenvalue weighted by Gasteiger charge is -2.18. The van der Waals surface area contributed by atoms with E-state index in [1.165, 1.54) is 122 Å². The molecule has 0 saturated carbocycles. The fraction of sp³-hybridized carbons (Fsp3) is 0.759. The van der Waals surface area contributed by atoms with E-state index in [4.69, 9.17) is 14.2 Å². The Morgan fingerprint density at radius 2 is 0.650 bits per heavy atom. The molecular weight excluding hydrogens is 745 g/mol. The third-order valence-electron chi connectivity index (χ3n) is 10.8. The van der Waals surface area contributed by atoms with Gasteiger partial charge in [0.05, 0.1) is 0 Å². The van der Waals surface area contributed by atoms with Crippen molar-refractivity contribution in [2.75, 3.05) is 13.2 Å². The number of carbonyl (C=O) groups is 3. The van der Waals surface area contributed by atoms with E-state index in [0.29, 0.717) is 19.3 Å². The van der Waals surface area contributed by atoms with Crippen molar-refractivity contribution in [2.24, 2.45) is 0 Å². The van der Waals surface area contributed by atoms with Gasteiger partial charge < -0.3 is 14.2 Å². The van der Waals surface area contributed by atoms with Crippen LogP contribution in [0.4, 0.5) is 0 Å². The average Bonchev–Trinajstić information content (AvgIpc) is 3.24. The van der Waals surface area contributed by atoms with Gasteiger partial charge in [0, 0.05) is 19.3 Å². The Hall–Kier alpha value is -2.89. The molecule has 0 radical (unpaired) electrons. The Morgan fingerprint density at radius 1 is 0.350 bits per heavy atom. The van der Waals surface area contributed by atoms with Gasteiger partial charge in [0.15, 0.2) is 6.10 Å². The van der Waals surface area contributed by atoms with Crippen molar-refractivity contribution in [3.05, 3.63) is 60.8 Å². The second-order valence-electron chi connectivity index (χ2n) is 16.7. The molecule has 346 valence electrons. The van der Waals surface area contributed by atoms with E-state index >= 15 is 0 Å². The van der Waals surface area contributed by atoms with Gasteiger partial charge >= 0.3 is 17.9 Å². The zero-order valence-corrected chi connectivity index (χ0v) is 39.5. The summed E-state index contributed by atoms with van der Waals surface area (Å²) in [6.07, 6.45) is 59.3. The van der Waals surface area contributed by atoms with Gasteiger partial charge in [0.1, 0.15) is 13.2 Å². The molecule has 0 spiro atoms. The van der Waals surface area contributed by atoms with Crippen LogP contribution in [0.1, 0.15) is 245 Å². The normalized spacial score (nSPS) is 12.5. The summed E-state index contributed by atoms with van der Waals surface area (Å²) >= 11 is 0. The molecule has 6 heteroatoms. The maximum atomic E-state index is 12.7. The zero-order valence-electron chi connectivity index (χ0n) is 39.5. The summed E-state index contributed by atoms with van der Waals surface area (Å²) in [7, 11) is 0. The van der Waals surface area contributed by atoms with Crippen LogP contribution < -0.4 is 0 Å². The maximum absolute atomic E-state index is 12.7. The lowest BCUT2D eigenvalue weighted by Crippen LogP contribution is -2.30.